The Morgan fingerprint density at radius 3 is 2.93 bits per heavy atom. The van der Waals surface area contributed by atoms with E-state index in [0.29, 0.717) is 17.8 Å². The van der Waals surface area contributed by atoms with E-state index in [1.165, 1.54) is 0 Å². The van der Waals surface area contributed by atoms with E-state index in [2.05, 4.69) is 10.3 Å². The van der Waals surface area contributed by atoms with Crippen LogP contribution in [0.4, 0.5) is 6.01 Å². The molecule has 0 radical (unpaired) electrons. The summed E-state index contributed by atoms with van der Waals surface area (Å²) in [5.41, 5.74) is 0.838. The highest BCUT2D eigenvalue weighted by Gasteiger charge is 2.02. The number of hydrogen-bond donors (Lipinski definition) is 1. The first kappa shape index (κ1) is 9.15. The summed E-state index contributed by atoms with van der Waals surface area (Å²) in [5, 5.41) is 3.34. The first-order valence-electron chi connectivity index (χ1n) is 4.14. The average Bonchev–Trinajstić information content (AvgIpc) is 2.72. The number of furan rings is 1. The fourth-order valence-electron chi connectivity index (χ4n) is 1.04. The fraction of sp³-hybridized carbons (Fsp3) is 0.222. The molecule has 2 rings (SSSR count). The molecule has 0 aliphatic rings. The minimum atomic E-state index is 0.380. The Morgan fingerprint density at radius 1 is 1.50 bits per heavy atom. The summed E-state index contributed by atoms with van der Waals surface area (Å²) in [5.74, 6) is 0.742. The molecule has 14 heavy (non-hydrogen) atoms. The topological polar surface area (TPSA) is 51.2 Å². The normalized spacial score (nSPS) is 10.4. The highest BCUT2D eigenvalue weighted by molar-refractivity contribution is 6.28. The maximum Gasteiger partial charge on any atom is 0.295 e. The van der Waals surface area contributed by atoms with Gasteiger partial charge < -0.3 is 14.2 Å². The van der Waals surface area contributed by atoms with Crippen molar-refractivity contribution in [2.24, 2.45) is 0 Å². The molecule has 0 bridgehead atoms. The second-order valence-electron chi connectivity index (χ2n) is 2.85. The van der Waals surface area contributed by atoms with Crippen LogP contribution in [-0.4, -0.2) is 4.98 Å². The van der Waals surface area contributed by atoms with Gasteiger partial charge in [0, 0.05) is 0 Å². The number of hydrogen-bond acceptors (Lipinski definition) is 4. The van der Waals surface area contributed by atoms with Crippen LogP contribution in [0.25, 0.3) is 0 Å². The lowest BCUT2D eigenvalue weighted by Gasteiger charge is -1.96. The highest BCUT2D eigenvalue weighted by Crippen LogP contribution is 2.14. The Labute approximate surface area is 85.9 Å². The third-order valence-electron chi connectivity index (χ3n) is 1.66. The van der Waals surface area contributed by atoms with Crippen molar-refractivity contribution in [1.82, 2.24) is 4.98 Å². The minimum Gasteiger partial charge on any atom is -0.448 e. The molecule has 1 N–H and O–H groups in total. The third-order valence-corrected chi connectivity index (χ3v) is 1.86. The van der Waals surface area contributed by atoms with Crippen LogP contribution < -0.4 is 5.32 Å². The lowest BCUT2D eigenvalue weighted by Crippen LogP contribution is -1.97. The number of aromatic nitrogens is 1. The van der Waals surface area contributed by atoms with E-state index in [9.17, 15) is 0 Å². The molecule has 4 nitrogen and oxygen atoms in total. The summed E-state index contributed by atoms with van der Waals surface area (Å²) in [6, 6.07) is 3.97. The number of halogens is 1. The van der Waals surface area contributed by atoms with Gasteiger partial charge in [-0.2, -0.15) is 4.98 Å². The smallest absolute Gasteiger partial charge is 0.295 e. The summed E-state index contributed by atoms with van der Waals surface area (Å²) >= 11 is 5.61. The quantitative estimate of drug-likeness (QED) is 0.850. The standard InChI is InChI=1S/C9H9ClN2O2/c1-6-5-13-9(12-6)11-4-7-2-3-8(10)14-7/h2-3,5H,4H2,1H3,(H,11,12). The zero-order chi connectivity index (χ0) is 9.97. The molecule has 74 valence electrons. The summed E-state index contributed by atoms with van der Waals surface area (Å²) in [6.07, 6.45) is 1.58. The first-order valence-corrected chi connectivity index (χ1v) is 4.52. The van der Waals surface area contributed by atoms with E-state index >= 15 is 0 Å². The number of nitrogens with one attached hydrogen (secondary N) is 1. The van der Waals surface area contributed by atoms with Crippen molar-refractivity contribution in [3.63, 3.8) is 0 Å². The predicted molar refractivity (Wildman–Crippen MR) is 52.3 cm³/mol. The molecule has 2 aromatic rings. The Balaban J connectivity index is 1.94. The molecule has 0 amide bonds. The van der Waals surface area contributed by atoms with Crippen LogP contribution in [-0.2, 0) is 6.54 Å². The minimum absolute atomic E-state index is 0.380. The molecule has 2 aromatic heterocycles. The van der Waals surface area contributed by atoms with Crippen molar-refractivity contribution in [2.75, 3.05) is 5.32 Å². The van der Waals surface area contributed by atoms with Gasteiger partial charge in [-0.3, -0.25) is 0 Å². The van der Waals surface area contributed by atoms with Gasteiger partial charge >= 0.3 is 0 Å². The SMILES string of the molecule is Cc1coc(NCc2ccc(Cl)o2)n1. The van der Waals surface area contributed by atoms with Crippen molar-refractivity contribution in [1.29, 1.82) is 0 Å². The molecule has 0 saturated carbocycles. The van der Waals surface area contributed by atoms with E-state index in [1.807, 2.05) is 6.92 Å². The second kappa shape index (κ2) is 3.75. The lowest BCUT2D eigenvalue weighted by molar-refractivity contribution is 0.511. The van der Waals surface area contributed by atoms with Gasteiger partial charge in [-0.1, -0.05) is 0 Å². The average molecular weight is 213 g/mol. The van der Waals surface area contributed by atoms with Crippen molar-refractivity contribution in [2.45, 2.75) is 13.5 Å². The lowest BCUT2D eigenvalue weighted by atomic mass is 10.4. The summed E-state index contributed by atoms with van der Waals surface area (Å²) in [6.45, 7) is 2.37. The predicted octanol–water partition coefficient (Wildman–Crippen LogP) is 2.84. The van der Waals surface area contributed by atoms with Crippen LogP contribution in [0.3, 0.4) is 0 Å². The summed E-state index contributed by atoms with van der Waals surface area (Å²) in [7, 11) is 0. The first-order chi connectivity index (χ1) is 6.74. The molecule has 0 unspecified atom stereocenters. The summed E-state index contributed by atoms with van der Waals surface area (Å²) in [4.78, 5) is 4.08. The molecule has 0 fully saturated rings. The molecule has 2 heterocycles. The van der Waals surface area contributed by atoms with E-state index in [4.69, 9.17) is 20.4 Å². The molecule has 5 heteroatoms. The Hall–Kier alpha value is -1.42. The van der Waals surface area contributed by atoms with Gasteiger partial charge in [0.2, 0.25) is 0 Å². The molecule has 0 aliphatic heterocycles. The zero-order valence-corrected chi connectivity index (χ0v) is 8.34. The third kappa shape index (κ3) is 2.09. The van der Waals surface area contributed by atoms with E-state index < -0.39 is 0 Å². The van der Waals surface area contributed by atoms with Gasteiger partial charge in [0.15, 0.2) is 5.22 Å². The van der Waals surface area contributed by atoms with Gasteiger partial charge in [-0.05, 0) is 30.7 Å². The number of nitrogens with zero attached hydrogens (tertiary/aromatic N) is 1. The van der Waals surface area contributed by atoms with Gasteiger partial charge in [-0.15, -0.1) is 0 Å². The van der Waals surface area contributed by atoms with Gasteiger partial charge in [0.1, 0.15) is 12.0 Å². The molecular weight excluding hydrogens is 204 g/mol. The Kier molecular flexibility index (Phi) is 2.45. The van der Waals surface area contributed by atoms with Crippen LogP contribution in [0.1, 0.15) is 11.5 Å². The molecule has 0 aromatic carbocycles. The van der Waals surface area contributed by atoms with Crippen molar-refractivity contribution in [3.05, 3.63) is 35.1 Å². The maximum absolute atomic E-state index is 5.61. The Bertz CT molecular complexity index is 382. The van der Waals surface area contributed by atoms with Crippen LogP contribution in [0.5, 0.6) is 0 Å². The number of oxazole rings is 1. The molecule has 0 aliphatic carbocycles. The van der Waals surface area contributed by atoms with Gasteiger partial charge in [0.25, 0.3) is 6.01 Å². The van der Waals surface area contributed by atoms with Crippen LogP contribution in [0.2, 0.25) is 5.22 Å². The van der Waals surface area contributed by atoms with E-state index in [0.717, 1.165) is 11.5 Å². The monoisotopic (exact) mass is 212 g/mol. The summed E-state index contributed by atoms with van der Waals surface area (Å²) < 4.78 is 10.2. The second-order valence-corrected chi connectivity index (χ2v) is 3.23. The van der Waals surface area contributed by atoms with Crippen molar-refractivity contribution >= 4 is 17.6 Å². The van der Waals surface area contributed by atoms with Crippen molar-refractivity contribution < 1.29 is 8.83 Å². The van der Waals surface area contributed by atoms with Crippen LogP contribution in [0.15, 0.2) is 27.2 Å². The largest absolute Gasteiger partial charge is 0.448 e. The zero-order valence-electron chi connectivity index (χ0n) is 7.58. The maximum atomic E-state index is 5.61. The number of aryl methyl sites for hydroxylation is 1. The molecular formula is C9H9ClN2O2. The van der Waals surface area contributed by atoms with Crippen LogP contribution in [0, 0.1) is 6.92 Å². The number of anilines is 1. The molecule has 0 atom stereocenters. The number of rotatable bonds is 3. The van der Waals surface area contributed by atoms with E-state index in [1.54, 1.807) is 18.4 Å². The fourth-order valence-corrected chi connectivity index (χ4v) is 1.21. The Morgan fingerprint density at radius 2 is 2.36 bits per heavy atom. The van der Waals surface area contributed by atoms with Gasteiger partial charge in [-0.25, -0.2) is 0 Å². The van der Waals surface area contributed by atoms with E-state index in [-0.39, 0.29) is 0 Å². The highest BCUT2D eigenvalue weighted by atomic mass is 35.5. The van der Waals surface area contributed by atoms with Crippen LogP contribution >= 0.6 is 11.6 Å². The van der Waals surface area contributed by atoms with Crippen molar-refractivity contribution in [3.8, 4) is 0 Å². The molecule has 0 spiro atoms. The molecule has 0 saturated heterocycles. The van der Waals surface area contributed by atoms with Gasteiger partial charge in [0.05, 0.1) is 12.2 Å².